The maximum atomic E-state index is 12.9. The first-order chi connectivity index (χ1) is 13.5. The number of hydrogen-bond acceptors (Lipinski definition) is 4. The fraction of sp³-hybridized carbons (Fsp3) is 0.0455. The number of carboxylic acid groups (broad SMARTS) is 1. The van der Waals surface area contributed by atoms with Crippen LogP contribution in [0.1, 0.15) is 31.1 Å². The Morgan fingerprint density at radius 2 is 1.54 bits per heavy atom. The third-order valence-corrected chi connectivity index (χ3v) is 4.18. The van der Waals surface area contributed by atoms with Gasteiger partial charge >= 0.3 is 11.9 Å². The number of esters is 1. The second-order valence-electron chi connectivity index (χ2n) is 5.92. The van der Waals surface area contributed by atoms with E-state index in [4.69, 9.17) is 9.84 Å². The molecule has 3 aromatic rings. The number of benzene rings is 3. The van der Waals surface area contributed by atoms with Gasteiger partial charge in [-0.25, -0.2) is 9.59 Å². The van der Waals surface area contributed by atoms with Gasteiger partial charge in [0.15, 0.2) is 0 Å². The summed E-state index contributed by atoms with van der Waals surface area (Å²) in [6, 6.07) is 20.4. The van der Waals surface area contributed by atoms with E-state index < -0.39 is 17.8 Å². The van der Waals surface area contributed by atoms with Gasteiger partial charge in [-0.2, -0.15) is 0 Å². The van der Waals surface area contributed by atoms with Gasteiger partial charge in [-0.3, -0.25) is 4.79 Å². The molecule has 1 amide bonds. The van der Waals surface area contributed by atoms with E-state index >= 15 is 0 Å². The zero-order valence-corrected chi connectivity index (χ0v) is 15.0. The van der Waals surface area contributed by atoms with E-state index in [0.717, 1.165) is 11.1 Å². The topological polar surface area (TPSA) is 92.7 Å². The number of carboxylic acids is 1. The average Bonchev–Trinajstić information content (AvgIpc) is 2.73. The molecule has 0 aliphatic carbocycles. The summed E-state index contributed by atoms with van der Waals surface area (Å²) in [5, 5.41) is 11.8. The van der Waals surface area contributed by atoms with E-state index in [1.807, 2.05) is 42.5 Å². The Morgan fingerprint density at radius 1 is 0.857 bits per heavy atom. The summed E-state index contributed by atoms with van der Waals surface area (Å²) in [5.41, 5.74) is 2.10. The molecule has 0 aliphatic heterocycles. The second kappa shape index (κ2) is 8.18. The minimum absolute atomic E-state index is 0.0343. The lowest BCUT2D eigenvalue weighted by atomic mass is 9.99. The van der Waals surface area contributed by atoms with Gasteiger partial charge in [0, 0.05) is 5.56 Å². The van der Waals surface area contributed by atoms with Crippen LogP contribution in [0.2, 0.25) is 0 Å². The second-order valence-corrected chi connectivity index (χ2v) is 5.92. The Bertz CT molecular complexity index is 1040. The predicted octanol–water partition coefficient (Wildman–Crippen LogP) is 4.09. The molecule has 3 rings (SSSR count). The van der Waals surface area contributed by atoms with Crippen LogP contribution < -0.4 is 5.32 Å². The molecule has 28 heavy (non-hydrogen) atoms. The normalized spacial score (nSPS) is 10.2. The Kier molecular flexibility index (Phi) is 5.50. The molecule has 0 spiro atoms. The van der Waals surface area contributed by atoms with Gasteiger partial charge in [-0.15, -0.1) is 0 Å². The fourth-order valence-electron chi connectivity index (χ4n) is 2.81. The van der Waals surface area contributed by atoms with E-state index in [2.05, 4.69) is 5.32 Å². The summed E-state index contributed by atoms with van der Waals surface area (Å²) in [6.45, 7) is 0. The molecule has 3 aromatic carbocycles. The molecular formula is C22H17NO5. The van der Waals surface area contributed by atoms with Crippen LogP contribution in [0.4, 0.5) is 5.69 Å². The van der Waals surface area contributed by atoms with Crippen molar-refractivity contribution in [2.24, 2.45) is 0 Å². The quantitative estimate of drug-likeness (QED) is 0.655. The molecule has 2 N–H and O–H groups in total. The van der Waals surface area contributed by atoms with E-state index in [1.165, 1.54) is 25.3 Å². The van der Waals surface area contributed by atoms with Gasteiger partial charge in [0.1, 0.15) is 0 Å². The van der Waals surface area contributed by atoms with Crippen molar-refractivity contribution in [1.29, 1.82) is 0 Å². The summed E-state index contributed by atoms with van der Waals surface area (Å²) in [5.74, 6) is -2.35. The van der Waals surface area contributed by atoms with Crippen molar-refractivity contribution in [3.8, 4) is 11.1 Å². The summed E-state index contributed by atoms with van der Waals surface area (Å²) >= 11 is 0. The minimum Gasteiger partial charge on any atom is -0.478 e. The molecule has 140 valence electrons. The monoisotopic (exact) mass is 375 g/mol. The Hall–Kier alpha value is -3.93. The maximum absolute atomic E-state index is 12.9. The molecule has 6 heteroatoms. The highest BCUT2D eigenvalue weighted by atomic mass is 16.5. The Labute approximate surface area is 161 Å². The van der Waals surface area contributed by atoms with Gasteiger partial charge in [-0.05, 0) is 35.4 Å². The minimum atomic E-state index is -1.18. The predicted molar refractivity (Wildman–Crippen MR) is 105 cm³/mol. The van der Waals surface area contributed by atoms with Crippen LogP contribution >= 0.6 is 0 Å². The molecule has 0 heterocycles. The molecule has 0 aliphatic rings. The number of rotatable bonds is 5. The molecule has 0 bridgehead atoms. The van der Waals surface area contributed by atoms with Crippen LogP contribution in [-0.2, 0) is 4.74 Å². The van der Waals surface area contributed by atoms with Gasteiger partial charge in [0.2, 0.25) is 0 Å². The van der Waals surface area contributed by atoms with Crippen LogP contribution in [0.15, 0.2) is 72.8 Å². The largest absolute Gasteiger partial charge is 0.478 e. The van der Waals surface area contributed by atoms with E-state index in [1.54, 1.807) is 12.1 Å². The van der Waals surface area contributed by atoms with Gasteiger partial charge < -0.3 is 15.2 Å². The molecule has 0 saturated heterocycles. The Balaban J connectivity index is 1.99. The molecule has 0 unspecified atom stereocenters. The lowest BCUT2D eigenvalue weighted by Crippen LogP contribution is -2.17. The first kappa shape index (κ1) is 18.8. The van der Waals surface area contributed by atoms with Crippen molar-refractivity contribution in [1.82, 2.24) is 0 Å². The number of carbonyl (C=O) groups is 3. The number of ether oxygens (including phenoxy) is 1. The number of carbonyl (C=O) groups excluding carboxylic acids is 2. The zero-order valence-electron chi connectivity index (χ0n) is 15.0. The van der Waals surface area contributed by atoms with Crippen molar-refractivity contribution < 1.29 is 24.2 Å². The van der Waals surface area contributed by atoms with Gasteiger partial charge in [0.05, 0.1) is 23.9 Å². The smallest absolute Gasteiger partial charge is 0.340 e. The van der Waals surface area contributed by atoms with E-state index in [-0.39, 0.29) is 16.8 Å². The molecule has 0 radical (unpaired) electrons. The van der Waals surface area contributed by atoms with Crippen LogP contribution in [0.3, 0.4) is 0 Å². The summed E-state index contributed by atoms with van der Waals surface area (Å²) in [4.78, 5) is 36.1. The number of aromatic carboxylic acids is 1. The standard InChI is InChI=1S/C22H17NO5/c1-28-22(27)18-13-15(21(25)26)11-12-19(18)23-20(24)17-10-6-5-9-16(17)14-7-3-2-4-8-14/h2-13H,1H3,(H,23,24)(H,25,26). The number of hydrogen-bond donors (Lipinski definition) is 2. The van der Waals surface area contributed by atoms with Crippen molar-refractivity contribution in [2.75, 3.05) is 12.4 Å². The first-order valence-electron chi connectivity index (χ1n) is 8.42. The van der Waals surface area contributed by atoms with Crippen LogP contribution in [-0.4, -0.2) is 30.1 Å². The first-order valence-corrected chi connectivity index (χ1v) is 8.42. The van der Waals surface area contributed by atoms with Crippen LogP contribution in [0, 0.1) is 0 Å². The summed E-state index contributed by atoms with van der Waals surface area (Å²) in [7, 11) is 1.19. The maximum Gasteiger partial charge on any atom is 0.340 e. The molecule has 0 saturated carbocycles. The van der Waals surface area contributed by atoms with E-state index in [0.29, 0.717) is 5.56 Å². The van der Waals surface area contributed by atoms with E-state index in [9.17, 15) is 14.4 Å². The lowest BCUT2D eigenvalue weighted by Gasteiger charge is -2.13. The van der Waals surface area contributed by atoms with Crippen molar-refractivity contribution in [3.05, 3.63) is 89.5 Å². The summed E-state index contributed by atoms with van der Waals surface area (Å²) in [6.07, 6.45) is 0. The highest BCUT2D eigenvalue weighted by Crippen LogP contribution is 2.25. The molecule has 6 nitrogen and oxygen atoms in total. The molecule has 0 fully saturated rings. The van der Waals surface area contributed by atoms with Crippen LogP contribution in [0.5, 0.6) is 0 Å². The molecular weight excluding hydrogens is 358 g/mol. The van der Waals surface area contributed by atoms with Crippen molar-refractivity contribution in [2.45, 2.75) is 0 Å². The lowest BCUT2D eigenvalue weighted by molar-refractivity contribution is 0.0602. The Morgan fingerprint density at radius 3 is 2.21 bits per heavy atom. The zero-order chi connectivity index (χ0) is 20.1. The molecule has 0 atom stereocenters. The fourth-order valence-corrected chi connectivity index (χ4v) is 2.81. The highest BCUT2D eigenvalue weighted by molar-refractivity contribution is 6.11. The third kappa shape index (κ3) is 3.91. The van der Waals surface area contributed by atoms with Crippen LogP contribution in [0.25, 0.3) is 11.1 Å². The van der Waals surface area contributed by atoms with Gasteiger partial charge in [0.25, 0.3) is 5.91 Å². The van der Waals surface area contributed by atoms with Crippen molar-refractivity contribution in [3.63, 3.8) is 0 Å². The molecule has 0 aromatic heterocycles. The number of amides is 1. The number of anilines is 1. The van der Waals surface area contributed by atoms with Crippen molar-refractivity contribution >= 4 is 23.5 Å². The average molecular weight is 375 g/mol. The summed E-state index contributed by atoms with van der Waals surface area (Å²) < 4.78 is 4.71. The number of methoxy groups -OCH3 is 1. The number of nitrogens with one attached hydrogen (secondary N) is 1. The third-order valence-electron chi connectivity index (χ3n) is 4.18. The SMILES string of the molecule is COC(=O)c1cc(C(=O)O)ccc1NC(=O)c1ccccc1-c1ccccc1. The highest BCUT2D eigenvalue weighted by Gasteiger charge is 2.19. The van der Waals surface area contributed by atoms with Gasteiger partial charge in [-0.1, -0.05) is 48.5 Å².